The lowest BCUT2D eigenvalue weighted by atomic mass is 9.85. The molecule has 0 radical (unpaired) electrons. The number of hydrogen-bond acceptors (Lipinski definition) is 1. The highest BCUT2D eigenvalue weighted by molar-refractivity contribution is 5.75. The molecular formula is C22H21N. The fourth-order valence-corrected chi connectivity index (χ4v) is 3.55. The Kier molecular flexibility index (Phi) is 3.23. The molecule has 23 heavy (non-hydrogen) atoms. The lowest BCUT2D eigenvalue weighted by molar-refractivity contribution is 0.344. The summed E-state index contributed by atoms with van der Waals surface area (Å²) in [5, 5.41) is 0. The predicted octanol–water partition coefficient (Wildman–Crippen LogP) is 5.59. The fraction of sp³-hybridized carbons (Fsp3) is 0.182. The Labute approximate surface area is 138 Å². The van der Waals surface area contributed by atoms with Gasteiger partial charge in [-0.3, -0.25) is 0 Å². The van der Waals surface area contributed by atoms with E-state index in [1.165, 1.54) is 39.0 Å². The van der Waals surface area contributed by atoms with Gasteiger partial charge in [-0.15, -0.1) is 0 Å². The van der Waals surface area contributed by atoms with Crippen molar-refractivity contribution in [1.29, 1.82) is 0 Å². The molecule has 0 bridgehead atoms. The van der Waals surface area contributed by atoms with Crippen LogP contribution in [0.2, 0.25) is 0 Å². The third-order valence-electron chi connectivity index (χ3n) is 4.98. The Morgan fingerprint density at radius 3 is 2.52 bits per heavy atom. The van der Waals surface area contributed by atoms with Crippen LogP contribution in [0.1, 0.15) is 31.0 Å². The van der Waals surface area contributed by atoms with Crippen LogP contribution in [0.15, 0.2) is 78.5 Å². The second-order valence-electron chi connectivity index (χ2n) is 6.55. The molecule has 2 aromatic carbocycles. The SMILES string of the molecule is C=C1CN2C=C(C)C(C)=CC2c2cc(-c3ccccc3)ccc21. The summed E-state index contributed by atoms with van der Waals surface area (Å²) in [5.74, 6) is 0. The van der Waals surface area contributed by atoms with Crippen LogP contribution in [0.5, 0.6) is 0 Å². The van der Waals surface area contributed by atoms with Gasteiger partial charge in [-0.1, -0.05) is 55.1 Å². The summed E-state index contributed by atoms with van der Waals surface area (Å²) in [5.41, 5.74) is 9.13. The van der Waals surface area contributed by atoms with Crippen LogP contribution in [0.3, 0.4) is 0 Å². The first-order chi connectivity index (χ1) is 11.1. The van der Waals surface area contributed by atoms with Gasteiger partial charge < -0.3 is 4.90 Å². The molecule has 0 N–H and O–H groups in total. The quantitative estimate of drug-likeness (QED) is 0.663. The van der Waals surface area contributed by atoms with Crippen molar-refractivity contribution in [2.45, 2.75) is 19.9 Å². The minimum Gasteiger partial charge on any atom is -0.362 e. The molecule has 0 aromatic heterocycles. The minimum absolute atomic E-state index is 0.322. The molecule has 1 heteroatoms. The molecule has 114 valence electrons. The van der Waals surface area contributed by atoms with Gasteiger partial charge in [0.05, 0.1) is 6.04 Å². The van der Waals surface area contributed by atoms with E-state index < -0.39 is 0 Å². The Bertz CT molecular complexity index is 840. The molecule has 2 heterocycles. The zero-order chi connectivity index (χ0) is 16.0. The second-order valence-corrected chi connectivity index (χ2v) is 6.55. The van der Waals surface area contributed by atoms with E-state index in [2.05, 4.69) is 86.1 Å². The van der Waals surface area contributed by atoms with Gasteiger partial charge in [-0.2, -0.15) is 0 Å². The average Bonchev–Trinajstić information content (AvgIpc) is 2.57. The molecule has 1 unspecified atom stereocenters. The Morgan fingerprint density at radius 1 is 0.957 bits per heavy atom. The molecule has 4 rings (SSSR count). The van der Waals surface area contributed by atoms with Gasteiger partial charge in [-0.25, -0.2) is 0 Å². The zero-order valence-corrected chi connectivity index (χ0v) is 13.7. The predicted molar refractivity (Wildman–Crippen MR) is 97.9 cm³/mol. The van der Waals surface area contributed by atoms with Gasteiger partial charge in [0.1, 0.15) is 0 Å². The fourth-order valence-electron chi connectivity index (χ4n) is 3.55. The van der Waals surface area contributed by atoms with Crippen molar-refractivity contribution < 1.29 is 0 Å². The van der Waals surface area contributed by atoms with Crippen LogP contribution >= 0.6 is 0 Å². The van der Waals surface area contributed by atoms with Crippen LogP contribution in [0, 0.1) is 0 Å². The van der Waals surface area contributed by atoms with Crippen molar-refractivity contribution in [2.24, 2.45) is 0 Å². The topological polar surface area (TPSA) is 3.24 Å². The molecule has 0 saturated heterocycles. The lowest BCUT2D eigenvalue weighted by Gasteiger charge is -2.39. The van der Waals surface area contributed by atoms with E-state index in [-0.39, 0.29) is 0 Å². The summed E-state index contributed by atoms with van der Waals surface area (Å²) in [6.07, 6.45) is 4.67. The number of hydrogen-bond donors (Lipinski definition) is 0. The Hall–Kier alpha value is -2.54. The van der Waals surface area contributed by atoms with Gasteiger partial charge in [0.25, 0.3) is 0 Å². The van der Waals surface area contributed by atoms with Crippen molar-refractivity contribution in [1.82, 2.24) is 4.90 Å². The summed E-state index contributed by atoms with van der Waals surface area (Å²) >= 11 is 0. The highest BCUT2D eigenvalue weighted by Gasteiger charge is 2.28. The maximum atomic E-state index is 4.30. The second kappa shape index (κ2) is 5.27. The zero-order valence-electron chi connectivity index (χ0n) is 13.7. The summed E-state index contributed by atoms with van der Waals surface area (Å²) in [6, 6.07) is 17.7. The largest absolute Gasteiger partial charge is 0.362 e. The summed E-state index contributed by atoms with van der Waals surface area (Å²) in [6.45, 7) is 9.59. The maximum absolute atomic E-state index is 4.30. The number of fused-ring (bicyclic) bond motifs is 3. The summed E-state index contributed by atoms with van der Waals surface area (Å²) in [4.78, 5) is 2.40. The van der Waals surface area contributed by atoms with E-state index >= 15 is 0 Å². The number of benzene rings is 2. The minimum atomic E-state index is 0.322. The van der Waals surface area contributed by atoms with Crippen molar-refractivity contribution >= 4 is 5.57 Å². The first-order valence-corrected chi connectivity index (χ1v) is 8.14. The smallest absolute Gasteiger partial charge is 0.0736 e. The van der Waals surface area contributed by atoms with Crippen molar-refractivity contribution in [3.05, 3.63) is 89.7 Å². The van der Waals surface area contributed by atoms with Crippen LogP contribution in [0.4, 0.5) is 0 Å². The molecule has 0 spiro atoms. The molecule has 0 aliphatic carbocycles. The van der Waals surface area contributed by atoms with Crippen LogP contribution < -0.4 is 0 Å². The van der Waals surface area contributed by atoms with Crippen molar-refractivity contribution in [3.63, 3.8) is 0 Å². The summed E-state index contributed by atoms with van der Waals surface area (Å²) in [7, 11) is 0. The van der Waals surface area contributed by atoms with Crippen molar-refractivity contribution in [3.8, 4) is 11.1 Å². The van der Waals surface area contributed by atoms with Crippen LogP contribution in [0.25, 0.3) is 16.7 Å². The standard InChI is InChI=1S/C22H21N/c1-15-11-22-21-12-19(18-7-5-4-6-8-18)9-10-20(21)17(3)14-23(22)13-16(15)2/h4-13,22H,3,14H2,1-2H3. The molecule has 2 aliphatic rings. The van der Waals surface area contributed by atoms with Gasteiger partial charge in [0.15, 0.2) is 0 Å². The Morgan fingerprint density at radius 2 is 1.74 bits per heavy atom. The van der Waals surface area contributed by atoms with E-state index in [9.17, 15) is 0 Å². The van der Waals surface area contributed by atoms with E-state index in [1.54, 1.807) is 0 Å². The summed E-state index contributed by atoms with van der Waals surface area (Å²) < 4.78 is 0. The molecule has 0 fully saturated rings. The first kappa shape index (κ1) is 14.1. The van der Waals surface area contributed by atoms with E-state index in [4.69, 9.17) is 0 Å². The maximum Gasteiger partial charge on any atom is 0.0736 e. The van der Waals surface area contributed by atoms with E-state index in [1.807, 2.05) is 0 Å². The first-order valence-electron chi connectivity index (χ1n) is 8.14. The van der Waals surface area contributed by atoms with E-state index in [0.717, 1.165) is 6.54 Å². The molecule has 1 atom stereocenters. The van der Waals surface area contributed by atoms with Crippen LogP contribution in [-0.4, -0.2) is 11.4 Å². The van der Waals surface area contributed by atoms with Gasteiger partial charge in [0, 0.05) is 12.7 Å². The number of rotatable bonds is 1. The van der Waals surface area contributed by atoms with Gasteiger partial charge in [0.2, 0.25) is 0 Å². The van der Waals surface area contributed by atoms with Crippen LogP contribution in [-0.2, 0) is 0 Å². The third kappa shape index (κ3) is 2.33. The normalized spacial score (nSPS) is 19.7. The molecule has 2 aliphatic heterocycles. The molecule has 0 amide bonds. The highest BCUT2D eigenvalue weighted by atomic mass is 15.1. The van der Waals surface area contributed by atoms with E-state index in [0.29, 0.717) is 6.04 Å². The third-order valence-corrected chi connectivity index (χ3v) is 4.98. The van der Waals surface area contributed by atoms with Gasteiger partial charge >= 0.3 is 0 Å². The highest BCUT2D eigenvalue weighted by Crippen LogP contribution is 2.41. The number of nitrogens with zero attached hydrogens (tertiary/aromatic N) is 1. The lowest BCUT2D eigenvalue weighted by Crippen LogP contribution is -2.31. The number of allylic oxidation sites excluding steroid dienone is 2. The average molecular weight is 299 g/mol. The molecule has 1 nitrogen and oxygen atoms in total. The Balaban J connectivity index is 1.85. The van der Waals surface area contributed by atoms with Gasteiger partial charge in [-0.05, 0) is 58.9 Å². The van der Waals surface area contributed by atoms with Crippen molar-refractivity contribution in [2.75, 3.05) is 6.54 Å². The molecule has 0 saturated carbocycles. The molecular weight excluding hydrogens is 278 g/mol. The monoisotopic (exact) mass is 299 g/mol. The molecule has 2 aromatic rings.